The van der Waals surface area contributed by atoms with E-state index in [4.69, 9.17) is 0 Å². The van der Waals surface area contributed by atoms with Crippen LogP contribution >= 0.6 is 0 Å². The van der Waals surface area contributed by atoms with Crippen LogP contribution in [0.3, 0.4) is 0 Å². The summed E-state index contributed by atoms with van der Waals surface area (Å²) in [4.78, 5) is 28.7. The van der Waals surface area contributed by atoms with Crippen LogP contribution in [-0.4, -0.2) is 39.1 Å². The third-order valence-electron chi connectivity index (χ3n) is 3.34. The Balaban J connectivity index is 2.75. The van der Waals surface area contributed by atoms with Crippen LogP contribution in [0.1, 0.15) is 31.9 Å². The minimum atomic E-state index is -1.25. The van der Waals surface area contributed by atoms with Gasteiger partial charge in [-0.25, -0.2) is 9.59 Å². The van der Waals surface area contributed by atoms with Crippen LogP contribution < -0.4 is 5.32 Å². The maximum absolute atomic E-state index is 12.1. The Kier molecular flexibility index (Phi) is 5.07. The molecule has 0 atom stereocenters. The van der Waals surface area contributed by atoms with Gasteiger partial charge in [0.15, 0.2) is 0 Å². The van der Waals surface area contributed by atoms with E-state index in [1.165, 1.54) is 18.7 Å². The average molecular weight is 279 g/mol. The molecule has 0 aliphatic carbocycles. The van der Waals surface area contributed by atoms with Crippen molar-refractivity contribution in [3.05, 3.63) is 29.6 Å². The lowest BCUT2D eigenvalue weighted by Gasteiger charge is -2.34. The van der Waals surface area contributed by atoms with Gasteiger partial charge in [-0.3, -0.25) is 4.98 Å². The molecule has 0 saturated heterocycles. The molecule has 0 radical (unpaired) electrons. The van der Waals surface area contributed by atoms with Crippen molar-refractivity contribution in [3.8, 4) is 0 Å². The number of pyridine rings is 1. The predicted octanol–water partition coefficient (Wildman–Crippen LogP) is 1.78. The number of hydrogen-bond acceptors (Lipinski definition) is 3. The molecule has 0 bridgehead atoms. The summed E-state index contributed by atoms with van der Waals surface area (Å²) in [5.41, 5.74) is 0.689. The van der Waals surface area contributed by atoms with Crippen LogP contribution in [0.15, 0.2) is 18.5 Å². The molecule has 2 N–H and O–H groups in total. The molecule has 6 heteroatoms. The van der Waals surface area contributed by atoms with Crippen molar-refractivity contribution >= 4 is 12.0 Å². The van der Waals surface area contributed by atoms with Crippen LogP contribution in [0, 0.1) is 6.92 Å². The number of nitrogens with zero attached hydrogens (tertiary/aromatic N) is 2. The molecule has 0 unspecified atom stereocenters. The average Bonchev–Trinajstić information content (AvgIpc) is 2.38. The van der Waals surface area contributed by atoms with Gasteiger partial charge in [0, 0.05) is 25.5 Å². The molecule has 110 valence electrons. The van der Waals surface area contributed by atoms with Crippen molar-refractivity contribution in [2.45, 2.75) is 39.8 Å². The number of carboxylic acid groups (broad SMARTS) is 1. The van der Waals surface area contributed by atoms with Gasteiger partial charge in [-0.05, 0) is 44.9 Å². The van der Waals surface area contributed by atoms with Crippen LogP contribution in [0.5, 0.6) is 0 Å². The number of likely N-dealkylation sites (N-methyl/N-ethyl adjacent to an activating group) is 1. The number of aryl methyl sites for hydroxylation is 1. The maximum Gasteiger partial charge on any atom is 0.329 e. The van der Waals surface area contributed by atoms with E-state index in [1.807, 2.05) is 13.0 Å². The van der Waals surface area contributed by atoms with Gasteiger partial charge in [0.1, 0.15) is 5.54 Å². The first-order valence-electron chi connectivity index (χ1n) is 6.49. The number of urea groups is 1. The Morgan fingerprint density at radius 2 is 2.10 bits per heavy atom. The van der Waals surface area contributed by atoms with Crippen molar-refractivity contribution in [1.29, 1.82) is 0 Å². The summed E-state index contributed by atoms with van der Waals surface area (Å²) in [6.07, 6.45) is 3.38. The van der Waals surface area contributed by atoms with E-state index in [0.717, 1.165) is 11.1 Å². The molecule has 20 heavy (non-hydrogen) atoms. The van der Waals surface area contributed by atoms with Crippen molar-refractivity contribution in [2.24, 2.45) is 0 Å². The fraction of sp³-hybridized carbons (Fsp3) is 0.500. The first kappa shape index (κ1) is 15.9. The summed E-state index contributed by atoms with van der Waals surface area (Å²) in [5.74, 6) is -1.04. The van der Waals surface area contributed by atoms with E-state index in [1.54, 1.807) is 19.3 Å². The first-order valence-corrected chi connectivity index (χ1v) is 6.49. The number of rotatable bonds is 5. The fourth-order valence-corrected chi connectivity index (χ4v) is 1.86. The molecule has 1 heterocycles. The van der Waals surface area contributed by atoms with Crippen molar-refractivity contribution in [2.75, 3.05) is 6.54 Å². The number of hydrogen-bond donors (Lipinski definition) is 2. The summed E-state index contributed by atoms with van der Waals surface area (Å²) in [7, 11) is 0. The SMILES string of the molecule is CCN(C(=O)NCc1cnccc1C)C(C)(C)C(=O)O. The van der Waals surface area contributed by atoms with Gasteiger partial charge in [0.25, 0.3) is 0 Å². The Morgan fingerprint density at radius 3 is 2.60 bits per heavy atom. The standard InChI is InChI=1S/C14H21N3O3/c1-5-17(14(3,4)12(18)19)13(20)16-9-11-8-15-7-6-10(11)2/h6-8H,5,9H2,1-4H3,(H,16,20)(H,18,19). The van der Waals surface area contributed by atoms with Crippen molar-refractivity contribution in [3.63, 3.8) is 0 Å². The zero-order valence-electron chi connectivity index (χ0n) is 12.3. The number of nitrogens with one attached hydrogen (secondary N) is 1. The van der Waals surface area contributed by atoms with Gasteiger partial charge in [-0.1, -0.05) is 0 Å². The van der Waals surface area contributed by atoms with Gasteiger partial charge in [-0.2, -0.15) is 0 Å². The Labute approximate surface area is 118 Å². The Morgan fingerprint density at radius 1 is 1.45 bits per heavy atom. The molecule has 1 aromatic rings. The van der Waals surface area contributed by atoms with Crippen LogP contribution in [0.4, 0.5) is 4.79 Å². The molecule has 1 aromatic heterocycles. The molecule has 1 rings (SSSR count). The summed E-state index contributed by atoms with van der Waals surface area (Å²) in [6.45, 7) is 7.34. The molecule has 2 amide bonds. The molecular formula is C14H21N3O3. The number of aliphatic carboxylic acids is 1. The number of aromatic nitrogens is 1. The Hall–Kier alpha value is -2.11. The van der Waals surface area contributed by atoms with Gasteiger partial charge in [-0.15, -0.1) is 0 Å². The second-order valence-electron chi connectivity index (χ2n) is 5.07. The number of carbonyl (C=O) groups excluding carboxylic acids is 1. The molecule has 0 fully saturated rings. The highest BCUT2D eigenvalue weighted by atomic mass is 16.4. The fourth-order valence-electron chi connectivity index (χ4n) is 1.86. The lowest BCUT2D eigenvalue weighted by atomic mass is 10.0. The highest BCUT2D eigenvalue weighted by Gasteiger charge is 2.36. The highest BCUT2D eigenvalue weighted by molar-refractivity contribution is 5.85. The monoisotopic (exact) mass is 279 g/mol. The first-order chi connectivity index (χ1) is 9.30. The van der Waals surface area contributed by atoms with Gasteiger partial charge >= 0.3 is 12.0 Å². The van der Waals surface area contributed by atoms with Crippen molar-refractivity contribution < 1.29 is 14.7 Å². The zero-order chi connectivity index (χ0) is 15.3. The largest absolute Gasteiger partial charge is 0.480 e. The van der Waals surface area contributed by atoms with Crippen LogP contribution in [0.2, 0.25) is 0 Å². The minimum absolute atomic E-state index is 0.317. The number of carboxylic acids is 1. The normalized spacial score (nSPS) is 11.0. The lowest BCUT2D eigenvalue weighted by molar-refractivity contribution is -0.147. The molecule has 0 saturated carbocycles. The topological polar surface area (TPSA) is 82.5 Å². The minimum Gasteiger partial charge on any atom is -0.480 e. The smallest absolute Gasteiger partial charge is 0.329 e. The summed E-state index contributed by atoms with van der Waals surface area (Å²) in [6, 6.07) is 1.46. The summed E-state index contributed by atoms with van der Waals surface area (Å²) >= 11 is 0. The van der Waals surface area contributed by atoms with Gasteiger partial charge in [0.05, 0.1) is 0 Å². The third kappa shape index (κ3) is 3.46. The van der Waals surface area contributed by atoms with Crippen LogP contribution in [0.25, 0.3) is 0 Å². The second-order valence-corrected chi connectivity index (χ2v) is 5.07. The summed E-state index contributed by atoms with van der Waals surface area (Å²) in [5, 5.41) is 11.9. The molecule has 0 spiro atoms. The van der Waals surface area contributed by atoms with E-state index in [0.29, 0.717) is 13.1 Å². The van der Waals surface area contributed by atoms with E-state index in [9.17, 15) is 14.7 Å². The third-order valence-corrected chi connectivity index (χ3v) is 3.34. The highest BCUT2D eigenvalue weighted by Crippen LogP contribution is 2.15. The van der Waals surface area contributed by atoms with E-state index in [-0.39, 0.29) is 0 Å². The molecular weight excluding hydrogens is 258 g/mol. The van der Waals surface area contributed by atoms with Crippen LogP contribution in [-0.2, 0) is 11.3 Å². The predicted molar refractivity (Wildman–Crippen MR) is 75.3 cm³/mol. The Bertz CT molecular complexity index is 500. The summed E-state index contributed by atoms with van der Waals surface area (Å²) < 4.78 is 0. The molecule has 0 aromatic carbocycles. The molecule has 6 nitrogen and oxygen atoms in total. The van der Waals surface area contributed by atoms with E-state index < -0.39 is 17.5 Å². The van der Waals surface area contributed by atoms with E-state index >= 15 is 0 Å². The quantitative estimate of drug-likeness (QED) is 0.860. The molecule has 0 aliphatic heterocycles. The second kappa shape index (κ2) is 6.36. The number of amides is 2. The molecule has 0 aliphatic rings. The van der Waals surface area contributed by atoms with E-state index in [2.05, 4.69) is 10.3 Å². The van der Waals surface area contributed by atoms with Crippen molar-refractivity contribution in [1.82, 2.24) is 15.2 Å². The maximum atomic E-state index is 12.1. The zero-order valence-corrected chi connectivity index (χ0v) is 12.3. The van der Waals surface area contributed by atoms with Gasteiger partial charge in [0.2, 0.25) is 0 Å². The van der Waals surface area contributed by atoms with Gasteiger partial charge < -0.3 is 15.3 Å². The number of carbonyl (C=O) groups is 2. The lowest BCUT2D eigenvalue weighted by Crippen LogP contribution is -2.55.